The third kappa shape index (κ3) is 7.89. The fourth-order valence-electron chi connectivity index (χ4n) is 2.78. The first-order valence-electron chi connectivity index (χ1n) is 9.45. The zero-order valence-corrected chi connectivity index (χ0v) is 19.7. The molecule has 0 heterocycles. The lowest BCUT2D eigenvalue weighted by Crippen LogP contribution is -2.52. The summed E-state index contributed by atoms with van der Waals surface area (Å²) < 4.78 is 23.6. The number of nitrogens with one attached hydrogen (secondary N) is 2. The van der Waals surface area contributed by atoms with Crippen LogP contribution >= 0.6 is 34.8 Å². The molecule has 1 aliphatic carbocycles. The summed E-state index contributed by atoms with van der Waals surface area (Å²) in [5.74, 6) is -0.336. The van der Waals surface area contributed by atoms with E-state index in [4.69, 9.17) is 44.3 Å². The Morgan fingerprint density at radius 1 is 1.16 bits per heavy atom. The molecule has 0 aliphatic heterocycles. The van der Waals surface area contributed by atoms with Gasteiger partial charge in [0.1, 0.15) is 12.4 Å². The van der Waals surface area contributed by atoms with Crippen molar-refractivity contribution >= 4 is 47.0 Å². The third-order valence-electron chi connectivity index (χ3n) is 4.26. The molecule has 0 bridgehead atoms. The standard InChI is InChI=1S/C14H16ClFN2O2.C8H6Cl2O2/c1-14(6-10(7-14)17-2)18-13(19)8-20-12-4-3-9(15)5-11(12)16;9-7-2-1-6(5-8(7)10)12-4-3-11/h3-6,17H,7-8H2,1-2H3,(H,18,19);1-3,5H,4H2. The topological polar surface area (TPSA) is 76.7 Å². The van der Waals surface area contributed by atoms with Crippen molar-refractivity contribution in [1.29, 1.82) is 0 Å². The van der Waals surface area contributed by atoms with Crippen LogP contribution in [-0.4, -0.2) is 38.0 Å². The van der Waals surface area contributed by atoms with E-state index < -0.39 is 5.82 Å². The van der Waals surface area contributed by atoms with Crippen molar-refractivity contribution in [2.45, 2.75) is 18.9 Å². The van der Waals surface area contributed by atoms with Gasteiger partial charge in [-0.05, 0) is 43.3 Å². The number of rotatable bonds is 8. The molecule has 2 aromatic rings. The van der Waals surface area contributed by atoms with Crippen molar-refractivity contribution < 1.29 is 23.5 Å². The smallest absolute Gasteiger partial charge is 0.258 e. The van der Waals surface area contributed by atoms with Crippen LogP contribution in [0.3, 0.4) is 0 Å². The van der Waals surface area contributed by atoms with Crippen LogP contribution in [0, 0.1) is 5.82 Å². The van der Waals surface area contributed by atoms with E-state index in [1.165, 1.54) is 12.1 Å². The highest BCUT2D eigenvalue weighted by atomic mass is 35.5. The molecule has 0 saturated heterocycles. The summed E-state index contributed by atoms with van der Waals surface area (Å²) in [7, 11) is 1.83. The number of hydrogen-bond donors (Lipinski definition) is 2. The summed E-state index contributed by atoms with van der Waals surface area (Å²) in [5.41, 5.74) is 0.717. The minimum absolute atomic E-state index is 0.00904. The molecule has 2 aromatic carbocycles. The van der Waals surface area contributed by atoms with Crippen molar-refractivity contribution in [3.63, 3.8) is 0 Å². The van der Waals surface area contributed by atoms with Gasteiger partial charge < -0.3 is 20.1 Å². The minimum atomic E-state index is -0.586. The Balaban J connectivity index is 0.000000258. The van der Waals surface area contributed by atoms with Crippen LogP contribution < -0.4 is 20.1 Å². The molecule has 0 spiro atoms. The highest BCUT2D eigenvalue weighted by Gasteiger charge is 2.33. The maximum absolute atomic E-state index is 13.5. The first-order chi connectivity index (χ1) is 15.2. The summed E-state index contributed by atoms with van der Waals surface area (Å²) in [6.45, 7) is 1.70. The van der Waals surface area contributed by atoms with Gasteiger partial charge in [0.25, 0.3) is 5.91 Å². The van der Waals surface area contributed by atoms with Gasteiger partial charge in [0.2, 0.25) is 0 Å². The summed E-state index contributed by atoms with van der Waals surface area (Å²) >= 11 is 17.0. The van der Waals surface area contributed by atoms with E-state index in [0.29, 0.717) is 22.1 Å². The highest BCUT2D eigenvalue weighted by molar-refractivity contribution is 6.42. The summed E-state index contributed by atoms with van der Waals surface area (Å²) in [6, 6.07) is 8.88. The van der Waals surface area contributed by atoms with Crippen molar-refractivity contribution in [2.75, 3.05) is 20.3 Å². The largest absolute Gasteiger partial charge is 0.486 e. The molecule has 32 heavy (non-hydrogen) atoms. The highest BCUT2D eigenvalue weighted by Crippen LogP contribution is 2.28. The van der Waals surface area contributed by atoms with E-state index in [9.17, 15) is 14.0 Å². The summed E-state index contributed by atoms with van der Waals surface area (Å²) in [6.07, 6.45) is 3.35. The van der Waals surface area contributed by atoms with Crippen LogP contribution in [-0.2, 0) is 9.59 Å². The molecule has 172 valence electrons. The molecule has 0 aromatic heterocycles. The Labute approximate surface area is 200 Å². The first kappa shape index (κ1) is 25.8. The van der Waals surface area contributed by atoms with Crippen LogP contribution in [0.5, 0.6) is 11.5 Å². The van der Waals surface area contributed by atoms with Gasteiger partial charge in [0, 0.05) is 30.3 Å². The summed E-state index contributed by atoms with van der Waals surface area (Å²) in [4.78, 5) is 21.7. The zero-order valence-electron chi connectivity index (χ0n) is 17.4. The van der Waals surface area contributed by atoms with Crippen molar-refractivity contribution in [3.05, 3.63) is 69.1 Å². The SMILES string of the molecule is CNC1=CC(C)(NC(=O)COc2ccc(Cl)cc2F)C1.O=CCOc1ccc(Cl)c(Cl)c1. The second kappa shape index (κ2) is 11.9. The van der Waals surface area contributed by atoms with E-state index >= 15 is 0 Å². The Kier molecular flexibility index (Phi) is 9.62. The van der Waals surface area contributed by atoms with Crippen LogP contribution in [0.25, 0.3) is 0 Å². The molecule has 0 radical (unpaired) electrons. The maximum atomic E-state index is 13.5. The molecule has 0 fully saturated rings. The maximum Gasteiger partial charge on any atom is 0.258 e. The van der Waals surface area contributed by atoms with E-state index in [1.54, 1.807) is 18.2 Å². The number of amides is 1. The van der Waals surface area contributed by atoms with Crippen LogP contribution in [0.4, 0.5) is 4.39 Å². The van der Waals surface area contributed by atoms with Crippen molar-refractivity contribution in [3.8, 4) is 11.5 Å². The van der Waals surface area contributed by atoms with Gasteiger partial charge >= 0.3 is 0 Å². The van der Waals surface area contributed by atoms with Crippen molar-refractivity contribution in [1.82, 2.24) is 10.6 Å². The molecule has 3 rings (SSSR count). The van der Waals surface area contributed by atoms with Crippen molar-refractivity contribution in [2.24, 2.45) is 0 Å². The predicted octanol–water partition coefficient (Wildman–Crippen LogP) is 4.81. The summed E-state index contributed by atoms with van der Waals surface area (Å²) in [5, 5.41) is 7.01. The van der Waals surface area contributed by atoms with Gasteiger partial charge in [0.05, 0.1) is 15.6 Å². The molecule has 1 unspecified atom stereocenters. The van der Waals surface area contributed by atoms with E-state index in [0.717, 1.165) is 18.2 Å². The zero-order chi connectivity index (χ0) is 23.7. The van der Waals surface area contributed by atoms with E-state index in [2.05, 4.69) is 10.6 Å². The number of carbonyl (C=O) groups excluding carboxylic acids is 2. The Hall–Kier alpha value is -2.48. The number of aldehydes is 1. The number of ether oxygens (including phenoxy) is 2. The number of benzene rings is 2. The number of hydrogen-bond acceptors (Lipinski definition) is 5. The monoisotopic (exact) mass is 502 g/mol. The molecule has 1 aliphatic rings. The first-order valence-corrected chi connectivity index (χ1v) is 10.6. The van der Waals surface area contributed by atoms with Gasteiger partial charge in [-0.25, -0.2) is 4.39 Å². The van der Waals surface area contributed by atoms with Crippen LogP contribution in [0.2, 0.25) is 15.1 Å². The van der Waals surface area contributed by atoms with Gasteiger partial charge in [0.15, 0.2) is 24.5 Å². The van der Waals surface area contributed by atoms with E-state index in [1.807, 2.05) is 20.0 Å². The number of halogens is 4. The van der Waals surface area contributed by atoms with Gasteiger partial charge in [-0.2, -0.15) is 0 Å². The lowest BCUT2D eigenvalue weighted by atomic mass is 9.84. The molecule has 2 N–H and O–H groups in total. The second-order valence-corrected chi connectivity index (χ2v) is 8.23. The van der Waals surface area contributed by atoms with Gasteiger partial charge in [-0.3, -0.25) is 9.59 Å². The molecular formula is C22H22Cl3FN2O4. The molecule has 0 saturated carbocycles. The van der Waals surface area contributed by atoms with Crippen LogP contribution in [0.15, 0.2) is 48.2 Å². The second-order valence-electron chi connectivity index (χ2n) is 6.98. The third-order valence-corrected chi connectivity index (χ3v) is 5.23. The molecule has 1 atom stereocenters. The fraction of sp³-hybridized carbons (Fsp3) is 0.273. The molecular weight excluding hydrogens is 482 g/mol. The molecule has 6 nitrogen and oxygen atoms in total. The Morgan fingerprint density at radius 3 is 2.47 bits per heavy atom. The van der Waals surface area contributed by atoms with Gasteiger partial charge in [-0.15, -0.1) is 0 Å². The molecule has 1 amide bonds. The number of carbonyl (C=O) groups is 2. The fourth-order valence-corrected chi connectivity index (χ4v) is 3.23. The lowest BCUT2D eigenvalue weighted by molar-refractivity contribution is -0.124. The van der Waals surface area contributed by atoms with Crippen LogP contribution in [0.1, 0.15) is 13.3 Å². The average Bonchev–Trinajstić information content (AvgIpc) is 2.72. The van der Waals surface area contributed by atoms with Gasteiger partial charge in [-0.1, -0.05) is 34.8 Å². The molecule has 10 heteroatoms. The van der Waals surface area contributed by atoms with E-state index in [-0.39, 0.29) is 35.4 Å². The quantitative estimate of drug-likeness (QED) is 0.506. The average molecular weight is 504 g/mol. The Morgan fingerprint density at radius 2 is 1.88 bits per heavy atom. The minimum Gasteiger partial charge on any atom is -0.486 e. The normalized spacial score (nSPS) is 16.5. The Bertz CT molecular complexity index is 1000. The predicted molar refractivity (Wildman–Crippen MR) is 123 cm³/mol. The lowest BCUT2D eigenvalue weighted by Gasteiger charge is -2.37.